The zero-order valence-corrected chi connectivity index (χ0v) is 15.2. The minimum Gasteiger partial charge on any atom is -0.360 e. The van der Waals surface area contributed by atoms with Gasteiger partial charge in [0.05, 0.1) is 0 Å². The van der Waals surface area contributed by atoms with E-state index in [1.807, 2.05) is 0 Å². The Hall–Kier alpha value is -1.08. The van der Waals surface area contributed by atoms with E-state index in [1.54, 1.807) is 11.6 Å². The number of hydrogen-bond donors (Lipinski definition) is 0. The van der Waals surface area contributed by atoms with E-state index < -0.39 is 25.3 Å². The number of carbonyl (C=O) groups is 1. The zero-order valence-electron chi connectivity index (χ0n) is 14.2. The molecule has 0 spiro atoms. The van der Waals surface area contributed by atoms with E-state index in [1.165, 1.54) is 0 Å². The molecule has 3 rings (SSSR count). The lowest BCUT2D eigenvalue weighted by Gasteiger charge is -2.19. The van der Waals surface area contributed by atoms with E-state index in [2.05, 4.69) is 24.7 Å². The molecule has 2 aliphatic rings. The number of hydrogen-bond acceptors (Lipinski definition) is 3. The minimum absolute atomic E-state index is 0.229. The van der Waals surface area contributed by atoms with Gasteiger partial charge in [-0.3, -0.25) is 4.79 Å². The summed E-state index contributed by atoms with van der Waals surface area (Å²) in [4.78, 5) is 11.2. The predicted octanol–water partition coefficient (Wildman–Crippen LogP) is 3.38. The van der Waals surface area contributed by atoms with Crippen molar-refractivity contribution in [3.05, 3.63) is 17.0 Å². The van der Waals surface area contributed by atoms with Gasteiger partial charge in [-0.1, -0.05) is 26.6 Å². The standard InChI is InChI=1S/C16H24F2N2O2Si/c1-15-8-13-11(7-14(15)16(15,17)18)12(9-21)19-20(13)10-22-5-6-23(2,3)4/h9,14H,5-8,10H2,1-4H3/t14-,15+/m0/s1. The van der Waals surface area contributed by atoms with E-state index in [4.69, 9.17) is 4.74 Å². The van der Waals surface area contributed by atoms with Crippen LogP contribution in [0.2, 0.25) is 25.7 Å². The maximum atomic E-state index is 14.0. The number of alkyl halides is 2. The third-order valence-electron chi connectivity index (χ3n) is 5.35. The lowest BCUT2D eigenvalue weighted by atomic mass is 9.87. The van der Waals surface area contributed by atoms with Crippen LogP contribution >= 0.6 is 0 Å². The number of nitrogens with zero attached hydrogens (tertiary/aromatic N) is 2. The quantitative estimate of drug-likeness (QED) is 0.452. The van der Waals surface area contributed by atoms with Crippen molar-refractivity contribution in [1.82, 2.24) is 9.78 Å². The van der Waals surface area contributed by atoms with Crippen LogP contribution in [0.25, 0.3) is 0 Å². The molecule has 128 valence electrons. The molecule has 1 fully saturated rings. The number of ether oxygens (including phenoxy) is 1. The van der Waals surface area contributed by atoms with Gasteiger partial charge in [-0.2, -0.15) is 5.10 Å². The minimum atomic E-state index is -2.64. The van der Waals surface area contributed by atoms with Gasteiger partial charge in [-0.25, -0.2) is 13.5 Å². The predicted molar refractivity (Wildman–Crippen MR) is 85.7 cm³/mol. The Kier molecular flexibility index (Phi) is 3.80. The van der Waals surface area contributed by atoms with E-state index >= 15 is 0 Å². The van der Waals surface area contributed by atoms with Gasteiger partial charge in [0.15, 0.2) is 6.29 Å². The Bertz CT molecular complexity index is 639. The first-order valence-electron chi connectivity index (χ1n) is 8.09. The molecule has 23 heavy (non-hydrogen) atoms. The van der Waals surface area contributed by atoms with Gasteiger partial charge >= 0.3 is 0 Å². The molecule has 2 atom stereocenters. The Morgan fingerprint density at radius 2 is 2.13 bits per heavy atom. The Balaban J connectivity index is 1.74. The summed E-state index contributed by atoms with van der Waals surface area (Å²) in [5, 5.41) is 4.27. The molecule has 0 bridgehead atoms. The molecule has 0 N–H and O–H groups in total. The van der Waals surface area contributed by atoms with Crippen molar-refractivity contribution >= 4 is 14.4 Å². The molecule has 0 aliphatic heterocycles. The normalized spacial score (nSPS) is 28.2. The lowest BCUT2D eigenvalue weighted by molar-refractivity contribution is 0.0590. The number of carbonyl (C=O) groups excluding carboxylic acids is 1. The molecule has 0 saturated heterocycles. The van der Waals surface area contributed by atoms with Crippen LogP contribution in [0.4, 0.5) is 8.78 Å². The maximum absolute atomic E-state index is 14.0. The number of aldehydes is 1. The highest BCUT2D eigenvalue weighted by Gasteiger charge is 2.78. The van der Waals surface area contributed by atoms with Crippen LogP contribution in [-0.2, 0) is 24.3 Å². The van der Waals surface area contributed by atoms with Gasteiger partial charge in [0.1, 0.15) is 12.4 Å². The Labute approximate surface area is 136 Å². The molecule has 1 heterocycles. The van der Waals surface area contributed by atoms with Crippen molar-refractivity contribution < 1.29 is 18.3 Å². The van der Waals surface area contributed by atoms with Crippen molar-refractivity contribution in [3.63, 3.8) is 0 Å². The molecule has 2 aliphatic carbocycles. The van der Waals surface area contributed by atoms with Crippen LogP contribution in [0.1, 0.15) is 28.7 Å². The molecular weight excluding hydrogens is 318 g/mol. The molecule has 1 aromatic rings. The molecule has 0 unspecified atom stereocenters. The summed E-state index contributed by atoms with van der Waals surface area (Å²) < 4.78 is 35.3. The highest BCUT2D eigenvalue weighted by atomic mass is 28.3. The molecular formula is C16H24F2N2O2Si. The van der Waals surface area contributed by atoms with Crippen molar-refractivity contribution in [3.8, 4) is 0 Å². The third-order valence-corrected chi connectivity index (χ3v) is 7.05. The van der Waals surface area contributed by atoms with Crippen LogP contribution in [0, 0.1) is 11.3 Å². The van der Waals surface area contributed by atoms with Crippen molar-refractivity contribution in [2.45, 2.75) is 58.1 Å². The summed E-state index contributed by atoms with van der Waals surface area (Å²) in [6, 6.07) is 1.04. The highest BCUT2D eigenvalue weighted by Crippen LogP contribution is 2.70. The average Bonchev–Trinajstić information content (AvgIpc) is 2.75. The van der Waals surface area contributed by atoms with E-state index in [0.717, 1.165) is 11.7 Å². The van der Waals surface area contributed by atoms with Crippen LogP contribution in [0.3, 0.4) is 0 Å². The van der Waals surface area contributed by atoms with Crippen LogP contribution in [-0.4, -0.2) is 36.7 Å². The fourth-order valence-corrected chi connectivity index (χ4v) is 4.28. The van der Waals surface area contributed by atoms with Gasteiger partial charge in [-0.05, 0) is 12.5 Å². The smallest absolute Gasteiger partial charge is 0.258 e. The summed E-state index contributed by atoms with van der Waals surface area (Å²) in [6.07, 6.45) is 1.17. The molecule has 7 heteroatoms. The number of fused-ring (bicyclic) bond motifs is 2. The summed E-state index contributed by atoms with van der Waals surface area (Å²) in [6.45, 7) is 9.31. The average molecular weight is 342 g/mol. The van der Waals surface area contributed by atoms with Gasteiger partial charge in [0, 0.05) is 43.7 Å². The third kappa shape index (κ3) is 2.67. The Morgan fingerprint density at radius 1 is 1.43 bits per heavy atom. The second-order valence-corrected chi connectivity index (χ2v) is 13.9. The first-order valence-corrected chi connectivity index (χ1v) is 11.8. The van der Waals surface area contributed by atoms with E-state index in [0.29, 0.717) is 24.2 Å². The van der Waals surface area contributed by atoms with Crippen LogP contribution in [0.5, 0.6) is 0 Å². The molecule has 4 nitrogen and oxygen atoms in total. The first kappa shape index (κ1) is 16.8. The fraction of sp³-hybridized carbons (Fsp3) is 0.750. The number of halogens is 2. The monoisotopic (exact) mass is 342 g/mol. The Morgan fingerprint density at radius 3 is 2.74 bits per heavy atom. The summed E-state index contributed by atoms with van der Waals surface area (Å²) >= 11 is 0. The summed E-state index contributed by atoms with van der Waals surface area (Å²) in [5.74, 6) is -3.30. The maximum Gasteiger partial charge on any atom is 0.258 e. The first-order chi connectivity index (χ1) is 10.6. The van der Waals surface area contributed by atoms with Gasteiger partial charge < -0.3 is 4.74 Å². The second kappa shape index (κ2) is 5.21. The largest absolute Gasteiger partial charge is 0.360 e. The lowest BCUT2D eigenvalue weighted by Crippen LogP contribution is -2.23. The second-order valence-electron chi connectivity index (χ2n) is 8.25. The molecule has 0 amide bonds. The molecule has 1 saturated carbocycles. The fourth-order valence-electron chi connectivity index (χ4n) is 3.53. The number of aromatic nitrogens is 2. The van der Waals surface area contributed by atoms with E-state index in [9.17, 15) is 13.6 Å². The van der Waals surface area contributed by atoms with Crippen molar-refractivity contribution in [2.75, 3.05) is 6.61 Å². The molecule has 0 aromatic carbocycles. The van der Waals surface area contributed by atoms with Crippen molar-refractivity contribution in [2.24, 2.45) is 11.3 Å². The van der Waals surface area contributed by atoms with Gasteiger partial charge in [-0.15, -0.1) is 0 Å². The van der Waals surface area contributed by atoms with E-state index in [-0.39, 0.29) is 19.6 Å². The van der Waals surface area contributed by atoms with Gasteiger partial charge in [0.25, 0.3) is 5.92 Å². The topological polar surface area (TPSA) is 44.1 Å². The van der Waals surface area contributed by atoms with Crippen LogP contribution < -0.4 is 0 Å². The zero-order chi connectivity index (χ0) is 17.0. The van der Waals surface area contributed by atoms with Crippen LogP contribution in [0.15, 0.2) is 0 Å². The summed E-state index contributed by atoms with van der Waals surface area (Å²) in [7, 11) is -1.17. The molecule has 0 radical (unpaired) electrons. The SMILES string of the molecule is C[C@@]12Cc3c(c(C=O)nn3COCC[Si](C)(C)C)C[C@@H]1C2(F)F. The molecule has 1 aromatic heterocycles. The van der Waals surface area contributed by atoms with Crippen molar-refractivity contribution in [1.29, 1.82) is 0 Å². The number of rotatable bonds is 6. The summed E-state index contributed by atoms with van der Waals surface area (Å²) in [5.41, 5.74) is 0.735. The van der Waals surface area contributed by atoms with Gasteiger partial charge in [0.2, 0.25) is 0 Å². The highest BCUT2D eigenvalue weighted by molar-refractivity contribution is 6.76.